The van der Waals surface area contributed by atoms with Gasteiger partial charge < -0.3 is 24.2 Å². The van der Waals surface area contributed by atoms with Gasteiger partial charge in [0.05, 0.1) is 17.8 Å². The predicted molar refractivity (Wildman–Crippen MR) is 134 cm³/mol. The minimum absolute atomic E-state index is 0.100. The van der Waals surface area contributed by atoms with Gasteiger partial charge in [0.2, 0.25) is 5.13 Å². The Morgan fingerprint density at radius 3 is 2.83 bits per heavy atom. The van der Waals surface area contributed by atoms with Crippen LogP contribution in [-0.4, -0.2) is 82.1 Å². The van der Waals surface area contributed by atoms with Crippen LogP contribution in [0.1, 0.15) is 19.3 Å². The van der Waals surface area contributed by atoms with E-state index in [-0.39, 0.29) is 24.9 Å². The second-order valence-corrected chi connectivity index (χ2v) is 10.2. The number of rotatable bonds is 8. The third-order valence-corrected chi connectivity index (χ3v) is 8.12. The summed E-state index contributed by atoms with van der Waals surface area (Å²) in [7, 11) is 4.70. The molecule has 2 bridgehead atoms. The summed E-state index contributed by atoms with van der Waals surface area (Å²) in [6.07, 6.45) is 5.00. The van der Waals surface area contributed by atoms with Crippen LogP contribution in [0.3, 0.4) is 0 Å². The van der Waals surface area contributed by atoms with Gasteiger partial charge in [-0.2, -0.15) is 5.10 Å². The molecule has 0 spiro atoms. The monoisotopic (exact) mass is 500 g/mol. The number of methoxy groups -OCH3 is 1. The summed E-state index contributed by atoms with van der Waals surface area (Å²) >= 11 is 1.41. The number of aryl methyl sites for hydroxylation is 1. The molecule has 12 heteroatoms. The maximum Gasteiger partial charge on any atom is 0.376 e. The fourth-order valence-corrected chi connectivity index (χ4v) is 6.31. The van der Waals surface area contributed by atoms with E-state index in [1.165, 1.54) is 11.3 Å². The number of ether oxygens (including phenoxy) is 2. The molecular formula is C23H30BFN6O3S. The first-order chi connectivity index (χ1) is 16.9. The number of hydrogen-bond acceptors (Lipinski definition) is 9. The van der Waals surface area contributed by atoms with Gasteiger partial charge in [0, 0.05) is 45.0 Å². The van der Waals surface area contributed by atoms with E-state index in [0.717, 1.165) is 29.5 Å². The molecule has 4 heterocycles. The van der Waals surface area contributed by atoms with E-state index in [4.69, 9.17) is 9.47 Å². The third kappa shape index (κ3) is 4.55. The Labute approximate surface area is 208 Å². The lowest BCUT2D eigenvalue weighted by Gasteiger charge is -2.44. The average molecular weight is 500 g/mol. The number of benzene rings is 1. The summed E-state index contributed by atoms with van der Waals surface area (Å²) in [6.45, 7) is 1.82. The molecule has 9 nitrogen and oxygen atoms in total. The molecule has 2 aliphatic heterocycles. The molecule has 5 rings (SSSR count). The molecule has 0 saturated carbocycles. The highest BCUT2D eigenvalue weighted by Crippen LogP contribution is 2.42. The van der Waals surface area contributed by atoms with E-state index in [0.29, 0.717) is 22.3 Å². The number of aromatic nitrogens is 4. The van der Waals surface area contributed by atoms with E-state index >= 15 is 4.39 Å². The summed E-state index contributed by atoms with van der Waals surface area (Å²) in [4.78, 5) is 3.85. The molecule has 1 aromatic carbocycles. The van der Waals surface area contributed by atoms with Gasteiger partial charge in [-0.15, -0.1) is 10.2 Å². The first kappa shape index (κ1) is 24.2. The SMILES string of the molecule is COCOc1cc(-c2cnn(C)c2)ccc1-c1nnc(N(C)[C@@H]2CC3CCC([C@@H]2F)N3B(C)O)s1. The van der Waals surface area contributed by atoms with Gasteiger partial charge in [-0.25, -0.2) is 4.39 Å². The molecule has 0 aliphatic carbocycles. The van der Waals surface area contributed by atoms with Crippen molar-refractivity contribution in [3.63, 3.8) is 0 Å². The average Bonchev–Trinajstić information content (AvgIpc) is 3.58. The van der Waals surface area contributed by atoms with Gasteiger partial charge in [-0.05, 0) is 43.8 Å². The van der Waals surface area contributed by atoms with Crippen molar-refractivity contribution >= 4 is 23.5 Å². The largest absolute Gasteiger partial charge is 0.467 e. The highest BCUT2D eigenvalue weighted by Gasteiger charge is 2.51. The third-order valence-electron chi connectivity index (χ3n) is 7.08. The van der Waals surface area contributed by atoms with Gasteiger partial charge >= 0.3 is 7.05 Å². The van der Waals surface area contributed by atoms with Crippen molar-refractivity contribution in [2.45, 2.75) is 50.4 Å². The van der Waals surface area contributed by atoms with Crippen LogP contribution in [0.15, 0.2) is 30.6 Å². The lowest BCUT2D eigenvalue weighted by Crippen LogP contribution is -2.60. The number of piperidine rings is 1. The van der Waals surface area contributed by atoms with Crippen LogP contribution in [0.2, 0.25) is 6.82 Å². The van der Waals surface area contributed by atoms with Crippen LogP contribution in [0.5, 0.6) is 5.75 Å². The van der Waals surface area contributed by atoms with Crippen LogP contribution < -0.4 is 9.64 Å². The first-order valence-corrected chi connectivity index (χ1v) is 12.6. The molecular weight excluding hydrogens is 470 g/mol. The molecule has 0 amide bonds. The van der Waals surface area contributed by atoms with E-state index in [2.05, 4.69) is 15.3 Å². The van der Waals surface area contributed by atoms with Crippen LogP contribution in [0.25, 0.3) is 21.7 Å². The molecule has 4 atom stereocenters. The molecule has 3 aromatic rings. The summed E-state index contributed by atoms with van der Waals surface area (Å²) < 4.78 is 28.3. The van der Waals surface area contributed by atoms with Gasteiger partial charge in [-0.3, -0.25) is 4.68 Å². The highest BCUT2D eigenvalue weighted by atomic mass is 32.1. The molecule has 2 aromatic heterocycles. The van der Waals surface area contributed by atoms with Crippen LogP contribution in [0, 0.1) is 0 Å². The Morgan fingerprint density at radius 2 is 2.11 bits per heavy atom. The quantitative estimate of drug-likeness (QED) is 0.373. The molecule has 35 heavy (non-hydrogen) atoms. The van der Waals surface area contributed by atoms with Gasteiger partial charge in [0.1, 0.15) is 11.9 Å². The summed E-state index contributed by atoms with van der Waals surface area (Å²) in [5.41, 5.74) is 2.74. The minimum atomic E-state index is -1.07. The van der Waals surface area contributed by atoms with Crippen molar-refractivity contribution in [1.29, 1.82) is 0 Å². The second kappa shape index (κ2) is 9.84. The lowest BCUT2D eigenvalue weighted by atomic mass is 9.78. The Hall–Kier alpha value is -2.54. The number of halogens is 1. The van der Waals surface area contributed by atoms with E-state index < -0.39 is 13.2 Å². The van der Waals surface area contributed by atoms with Crippen LogP contribution in [0.4, 0.5) is 9.52 Å². The number of fused-ring (bicyclic) bond motifs is 2. The maximum absolute atomic E-state index is 15.5. The van der Waals surface area contributed by atoms with Gasteiger partial charge in [0.15, 0.2) is 11.8 Å². The molecule has 2 aliphatic rings. The molecule has 186 valence electrons. The maximum atomic E-state index is 15.5. The number of anilines is 1. The fraction of sp³-hybridized carbons (Fsp3) is 0.522. The Bertz CT molecular complexity index is 1180. The number of alkyl halides is 1. The minimum Gasteiger partial charge on any atom is -0.467 e. The zero-order chi connectivity index (χ0) is 24.7. The summed E-state index contributed by atoms with van der Waals surface area (Å²) in [5, 5.41) is 24.5. The van der Waals surface area contributed by atoms with Crippen molar-refractivity contribution in [2.75, 3.05) is 25.9 Å². The number of hydrogen-bond donors (Lipinski definition) is 1. The predicted octanol–water partition coefficient (Wildman–Crippen LogP) is 3.08. The van der Waals surface area contributed by atoms with Crippen molar-refractivity contribution in [3.8, 4) is 27.4 Å². The van der Waals surface area contributed by atoms with Crippen molar-refractivity contribution in [1.82, 2.24) is 24.8 Å². The van der Waals surface area contributed by atoms with Crippen molar-refractivity contribution in [3.05, 3.63) is 30.6 Å². The normalized spacial score (nSPS) is 24.1. The fourth-order valence-electron chi connectivity index (χ4n) is 5.41. The Morgan fingerprint density at radius 1 is 1.29 bits per heavy atom. The molecule has 2 saturated heterocycles. The van der Waals surface area contributed by atoms with E-state index in [9.17, 15) is 5.02 Å². The molecule has 2 unspecified atom stereocenters. The standard InChI is InChI=1S/C23H30BFN6O3S/c1-24(32)31-16-6-8-18(31)21(25)19(10-16)30(3)23-28-27-22(35-23)17-7-5-14(9-20(17)34-13-33-4)15-11-26-29(2)12-15/h5,7,9,11-12,16,18-19,21,32H,6,8,10,13H2,1-4H3/t16?,18?,19-,21+/m1/s1. The first-order valence-electron chi connectivity index (χ1n) is 11.8. The van der Waals surface area contributed by atoms with Crippen molar-refractivity contribution < 1.29 is 18.9 Å². The zero-order valence-electron chi connectivity index (χ0n) is 20.3. The van der Waals surface area contributed by atoms with Crippen LogP contribution in [-0.2, 0) is 11.8 Å². The zero-order valence-corrected chi connectivity index (χ0v) is 21.2. The smallest absolute Gasteiger partial charge is 0.376 e. The summed E-state index contributed by atoms with van der Waals surface area (Å²) in [6, 6.07) is 5.51. The van der Waals surface area contributed by atoms with E-state index in [1.54, 1.807) is 24.8 Å². The van der Waals surface area contributed by atoms with E-state index in [1.807, 2.05) is 48.2 Å². The molecule has 2 fully saturated rings. The number of nitrogens with zero attached hydrogens (tertiary/aromatic N) is 6. The Balaban J connectivity index is 1.40. The van der Waals surface area contributed by atoms with Gasteiger partial charge in [-0.1, -0.05) is 17.4 Å². The molecule has 0 radical (unpaired) electrons. The van der Waals surface area contributed by atoms with Crippen molar-refractivity contribution in [2.24, 2.45) is 7.05 Å². The molecule has 1 N–H and O–H groups in total. The van der Waals surface area contributed by atoms with Gasteiger partial charge in [0.25, 0.3) is 0 Å². The topological polar surface area (TPSA) is 88.8 Å². The highest BCUT2D eigenvalue weighted by molar-refractivity contribution is 7.18. The lowest BCUT2D eigenvalue weighted by molar-refractivity contribution is 0.0516. The van der Waals surface area contributed by atoms with Crippen LogP contribution >= 0.6 is 11.3 Å². The summed E-state index contributed by atoms with van der Waals surface area (Å²) in [5.74, 6) is 0.630. The Kier molecular flexibility index (Phi) is 6.80. The second-order valence-electron chi connectivity index (χ2n) is 9.29.